The van der Waals surface area contributed by atoms with Crippen LogP contribution in [-0.2, 0) is 13.0 Å². The molecule has 0 aromatic carbocycles. The number of hydrogen-bond donors (Lipinski definition) is 1. The Kier molecular flexibility index (Phi) is 5.11. The van der Waals surface area contributed by atoms with Crippen LogP contribution < -0.4 is 5.32 Å². The zero-order valence-corrected chi connectivity index (χ0v) is 16.2. The summed E-state index contributed by atoms with van der Waals surface area (Å²) in [6, 6.07) is 1.94. The molecule has 4 rings (SSSR count). The fraction of sp³-hybridized carbons (Fsp3) is 0.444. The van der Waals surface area contributed by atoms with E-state index in [1.54, 1.807) is 0 Å². The molecule has 3 aromatic rings. The van der Waals surface area contributed by atoms with Crippen LogP contribution in [0.25, 0.3) is 11.4 Å². The SMILES string of the molecule is Cc1cc(C)n(C(C)c2nc(-c3c(C)ncc4c3CCNC4)no2)n1.Cl. The van der Waals surface area contributed by atoms with Gasteiger partial charge in [0.1, 0.15) is 6.04 Å². The van der Waals surface area contributed by atoms with Crippen molar-refractivity contribution in [2.75, 3.05) is 6.54 Å². The highest BCUT2D eigenvalue weighted by molar-refractivity contribution is 5.85. The Morgan fingerprint density at radius 3 is 2.81 bits per heavy atom. The number of rotatable bonds is 3. The van der Waals surface area contributed by atoms with Gasteiger partial charge in [-0.05, 0) is 57.9 Å². The second kappa shape index (κ2) is 7.17. The van der Waals surface area contributed by atoms with Gasteiger partial charge < -0.3 is 9.84 Å². The first kappa shape index (κ1) is 18.5. The molecule has 0 bridgehead atoms. The van der Waals surface area contributed by atoms with Gasteiger partial charge in [-0.2, -0.15) is 10.1 Å². The van der Waals surface area contributed by atoms with Gasteiger partial charge in [0.05, 0.1) is 5.69 Å². The molecule has 1 atom stereocenters. The van der Waals surface area contributed by atoms with Crippen molar-refractivity contribution in [3.8, 4) is 11.4 Å². The van der Waals surface area contributed by atoms with E-state index in [1.165, 1.54) is 11.1 Å². The van der Waals surface area contributed by atoms with E-state index >= 15 is 0 Å². The van der Waals surface area contributed by atoms with Gasteiger partial charge in [-0.1, -0.05) is 5.16 Å². The van der Waals surface area contributed by atoms with Crippen LogP contribution in [0.5, 0.6) is 0 Å². The van der Waals surface area contributed by atoms with Gasteiger partial charge in [-0.15, -0.1) is 12.4 Å². The Hall–Kier alpha value is -2.25. The van der Waals surface area contributed by atoms with Crippen LogP contribution >= 0.6 is 12.4 Å². The zero-order valence-electron chi connectivity index (χ0n) is 15.4. The second-order valence-corrected chi connectivity index (χ2v) is 6.65. The van der Waals surface area contributed by atoms with Crippen LogP contribution in [0, 0.1) is 20.8 Å². The minimum absolute atomic E-state index is 0. The van der Waals surface area contributed by atoms with Gasteiger partial charge in [0.2, 0.25) is 5.82 Å². The van der Waals surface area contributed by atoms with Crippen molar-refractivity contribution < 1.29 is 4.52 Å². The molecule has 26 heavy (non-hydrogen) atoms. The van der Waals surface area contributed by atoms with E-state index in [0.29, 0.717) is 11.7 Å². The van der Waals surface area contributed by atoms with Crippen molar-refractivity contribution in [1.29, 1.82) is 0 Å². The number of nitrogens with zero attached hydrogens (tertiary/aromatic N) is 5. The van der Waals surface area contributed by atoms with E-state index in [1.807, 2.05) is 44.6 Å². The van der Waals surface area contributed by atoms with E-state index in [0.717, 1.165) is 42.2 Å². The highest BCUT2D eigenvalue weighted by Gasteiger charge is 2.23. The number of pyridine rings is 1. The smallest absolute Gasteiger partial charge is 0.251 e. The number of aryl methyl sites for hydroxylation is 3. The predicted octanol–water partition coefficient (Wildman–Crippen LogP) is 2.93. The lowest BCUT2D eigenvalue weighted by atomic mass is 9.95. The molecule has 0 amide bonds. The maximum atomic E-state index is 5.58. The largest absolute Gasteiger partial charge is 0.337 e. The third-order valence-electron chi connectivity index (χ3n) is 4.77. The lowest BCUT2D eigenvalue weighted by molar-refractivity contribution is 0.334. The van der Waals surface area contributed by atoms with Gasteiger partial charge in [0.15, 0.2) is 0 Å². The Morgan fingerprint density at radius 1 is 1.27 bits per heavy atom. The molecule has 0 fully saturated rings. The van der Waals surface area contributed by atoms with Crippen molar-refractivity contribution >= 4 is 12.4 Å². The predicted molar refractivity (Wildman–Crippen MR) is 100 cm³/mol. The average Bonchev–Trinajstić information content (AvgIpc) is 3.20. The molecule has 7 nitrogen and oxygen atoms in total. The van der Waals surface area contributed by atoms with Crippen molar-refractivity contribution in [2.24, 2.45) is 0 Å². The third kappa shape index (κ3) is 3.12. The first-order valence-electron chi connectivity index (χ1n) is 8.59. The van der Waals surface area contributed by atoms with Crippen LogP contribution in [0.2, 0.25) is 0 Å². The summed E-state index contributed by atoms with van der Waals surface area (Å²) in [6.07, 6.45) is 2.89. The second-order valence-electron chi connectivity index (χ2n) is 6.65. The topological polar surface area (TPSA) is 81.7 Å². The standard InChI is InChI=1S/C18H22N6O.ClH/c1-10-7-11(2)24(22-10)13(4)18-21-17(23-25-18)16-12(3)20-9-14-8-19-6-5-15(14)16;/h7,9,13,19H,5-6,8H2,1-4H3;1H. The molecular formula is C18H23ClN6O. The molecule has 0 saturated carbocycles. The van der Waals surface area contributed by atoms with Crippen molar-refractivity contribution in [2.45, 2.75) is 46.7 Å². The minimum atomic E-state index is -0.107. The number of halogens is 1. The molecule has 138 valence electrons. The summed E-state index contributed by atoms with van der Waals surface area (Å²) in [4.78, 5) is 9.20. The fourth-order valence-corrected chi connectivity index (χ4v) is 3.52. The monoisotopic (exact) mass is 374 g/mol. The lowest BCUT2D eigenvalue weighted by Crippen LogP contribution is -2.24. The van der Waals surface area contributed by atoms with Crippen LogP contribution in [0.1, 0.15) is 47.1 Å². The molecule has 3 aromatic heterocycles. The number of nitrogens with one attached hydrogen (secondary N) is 1. The van der Waals surface area contributed by atoms with Crippen LogP contribution in [-0.4, -0.2) is 31.4 Å². The summed E-state index contributed by atoms with van der Waals surface area (Å²) < 4.78 is 7.50. The summed E-state index contributed by atoms with van der Waals surface area (Å²) in [5.41, 5.74) is 6.49. The summed E-state index contributed by atoms with van der Waals surface area (Å²) in [5, 5.41) is 12.2. The van der Waals surface area contributed by atoms with Crippen molar-refractivity contribution in [3.05, 3.63) is 46.4 Å². The lowest BCUT2D eigenvalue weighted by Gasteiger charge is -2.19. The highest BCUT2D eigenvalue weighted by atomic mass is 35.5. The normalized spacial score (nSPS) is 14.6. The van der Waals surface area contributed by atoms with Gasteiger partial charge in [0, 0.05) is 29.7 Å². The van der Waals surface area contributed by atoms with E-state index in [-0.39, 0.29) is 18.4 Å². The Morgan fingerprint density at radius 2 is 2.08 bits per heavy atom. The first-order valence-corrected chi connectivity index (χ1v) is 8.59. The van der Waals surface area contributed by atoms with Gasteiger partial charge in [0.25, 0.3) is 5.89 Å². The molecule has 4 heterocycles. The molecule has 1 aliphatic rings. The molecule has 1 N–H and O–H groups in total. The maximum absolute atomic E-state index is 5.58. The average molecular weight is 375 g/mol. The van der Waals surface area contributed by atoms with Crippen LogP contribution in [0.15, 0.2) is 16.8 Å². The maximum Gasteiger partial charge on any atom is 0.251 e. The van der Waals surface area contributed by atoms with E-state index in [4.69, 9.17) is 4.52 Å². The molecule has 1 aliphatic heterocycles. The number of fused-ring (bicyclic) bond motifs is 1. The van der Waals surface area contributed by atoms with Crippen LogP contribution in [0.3, 0.4) is 0 Å². The van der Waals surface area contributed by atoms with Gasteiger partial charge in [-0.3, -0.25) is 9.67 Å². The number of hydrogen-bond acceptors (Lipinski definition) is 6. The van der Waals surface area contributed by atoms with E-state index in [2.05, 4.69) is 25.5 Å². The third-order valence-corrected chi connectivity index (χ3v) is 4.77. The van der Waals surface area contributed by atoms with Crippen molar-refractivity contribution in [3.63, 3.8) is 0 Å². The molecular weight excluding hydrogens is 352 g/mol. The molecule has 1 unspecified atom stereocenters. The Bertz CT molecular complexity index is 932. The summed E-state index contributed by atoms with van der Waals surface area (Å²) in [5.74, 6) is 1.18. The molecule has 8 heteroatoms. The fourth-order valence-electron chi connectivity index (χ4n) is 3.52. The highest BCUT2D eigenvalue weighted by Crippen LogP contribution is 2.30. The molecule has 0 spiro atoms. The summed E-state index contributed by atoms with van der Waals surface area (Å²) in [7, 11) is 0. The van der Waals surface area contributed by atoms with Gasteiger partial charge >= 0.3 is 0 Å². The molecule has 0 radical (unpaired) electrons. The Labute approximate surface area is 158 Å². The quantitative estimate of drug-likeness (QED) is 0.759. The zero-order chi connectivity index (χ0) is 17.6. The van der Waals surface area contributed by atoms with Crippen LogP contribution in [0.4, 0.5) is 0 Å². The molecule has 0 aliphatic carbocycles. The summed E-state index contributed by atoms with van der Waals surface area (Å²) in [6.45, 7) is 9.82. The van der Waals surface area contributed by atoms with E-state index in [9.17, 15) is 0 Å². The molecule has 0 saturated heterocycles. The Balaban J connectivity index is 0.00000196. The van der Waals surface area contributed by atoms with Crippen molar-refractivity contribution in [1.82, 2.24) is 30.2 Å². The number of aromatic nitrogens is 5. The van der Waals surface area contributed by atoms with E-state index < -0.39 is 0 Å². The van der Waals surface area contributed by atoms with Gasteiger partial charge in [-0.25, -0.2) is 0 Å². The summed E-state index contributed by atoms with van der Waals surface area (Å²) >= 11 is 0. The first-order chi connectivity index (χ1) is 12.0. The minimum Gasteiger partial charge on any atom is -0.337 e.